The van der Waals surface area contributed by atoms with Gasteiger partial charge >= 0.3 is 0 Å². The van der Waals surface area contributed by atoms with Gasteiger partial charge in [-0.2, -0.15) is 0 Å². The molecule has 1 aromatic rings. The fourth-order valence-corrected chi connectivity index (χ4v) is 1.76. The number of nitrogens with zero attached hydrogens (tertiary/aromatic N) is 1. The lowest BCUT2D eigenvalue weighted by Gasteiger charge is -2.27. The molecule has 0 aliphatic carbocycles. The van der Waals surface area contributed by atoms with E-state index >= 15 is 0 Å². The smallest absolute Gasteiger partial charge is 0.251 e. The molecule has 1 aromatic carbocycles. The van der Waals surface area contributed by atoms with E-state index in [9.17, 15) is 13.6 Å². The van der Waals surface area contributed by atoms with Gasteiger partial charge in [0.2, 0.25) is 5.91 Å². The maximum Gasteiger partial charge on any atom is 0.251 e. The van der Waals surface area contributed by atoms with E-state index < -0.39 is 24.9 Å². The van der Waals surface area contributed by atoms with Crippen molar-refractivity contribution in [2.24, 2.45) is 0 Å². The normalized spacial score (nSPS) is 12.7. The van der Waals surface area contributed by atoms with E-state index in [-0.39, 0.29) is 13.2 Å². The van der Waals surface area contributed by atoms with E-state index in [1.54, 1.807) is 24.3 Å². The van der Waals surface area contributed by atoms with Gasteiger partial charge in [-0.25, -0.2) is 8.78 Å². The molecule has 0 fully saturated rings. The minimum atomic E-state index is -2.57. The summed E-state index contributed by atoms with van der Waals surface area (Å²) in [7, 11) is 0. The molecule has 0 heterocycles. The Hall–Kier alpha value is -1.73. The minimum Gasteiger partial charge on any atom is -0.397 e. The summed E-state index contributed by atoms with van der Waals surface area (Å²) >= 11 is 0. The number of benzene rings is 1. The number of alkyl halides is 2. The van der Waals surface area contributed by atoms with Gasteiger partial charge in [-0.1, -0.05) is 12.1 Å². The summed E-state index contributed by atoms with van der Waals surface area (Å²) in [5, 5.41) is 11.5. The molecule has 4 N–H and O–H groups in total. The monoisotopic (exact) mass is 287 g/mol. The first-order valence-corrected chi connectivity index (χ1v) is 6.24. The van der Waals surface area contributed by atoms with E-state index in [4.69, 9.17) is 10.8 Å². The van der Waals surface area contributed by atoms with Crippen molar-refractivity contribution >= 4 is 17.3 Å². The van der Waals surface area contributed by atoms with E-state index in [2.05, 4.69) is 5.32 Å². The maximum absolute atomic E-state index is 12.4. The van der Waals surface area contributed by atoms with Crippen LogP contribution in [0, 0.1) is 0 Å². The number of carbonyl (C=O) groups is 1. The summed E-state index contributed by atoms with van der Waals surface area (Å²) < 4.78 is 24.9. The number of halogens is 2. The lowest BCUT2D eigenvalue weighted by atomic mass is 10.2. The lowest BCUT2D eigenvalue weighted by Crippen LogP contribution is -2.45. The summed E-state index contributed by atoms with van der Waals surface area (Å²) in [6, 6.07) is 5.90. The van der Waals surface area contributed by atoms with E-state index in [0.717, 1.165) is 0 Å². The highest BCUT2D eigenvalue weighted by Crippen LogP contribution is 2.17. The zero-order valence-electron chi connectivity index (χ0n) is 11.2. The van der Waals surface area contributed by atoms with Gasteiger partial charge in [0.1, 0.15) is 0 Å². The first kappa shape index (κ1) is 16.3. The molecule has 7 heteroatoms. The first-order chi connectivity index (χ1) is 9.45. The Morgan fingerprint density at radius 1 is 1.45 bits per heavy atom. The van der Waals surface area contributed by atoms with Crippen molar-refractivity contribution in [3.8, 4) is 0 Å². The number of para-hydroxylation sites is 2. The highest BCUT2D eigenvalue weighted by molar-refractivity contribution is 5.97. The van der Waals surface area contributed by atoms with Crippen LogP contribution in [0.25, 0.3) is 0 Å². The van der Waals surface area contributed by atoms with E-state index in [1.165, 1.54) is 11.8 Å². The van der Waals surface area contributed by atoms with E-state index in [1.807, 2.05) is 0 Å². The third-order valence-corrected chi connectivity index (χ3v) is 2.91. The van der Waals surface area contributed by atoms with Gasteiger partial charge in [-0.3, -0.25) is 9.69 Å². The molecule has 0 saturated heterocycles. The Labute approximate surface area is 116 Å². The van der Waals surface area contributed by atoms with Gasteiger partial charge in [0, 0.05) is 6.54 Å². The molecule has 20 heavy (non-hydrogen) atoms. The average molecular weight is 287 g/mol. The van der Waals surface area contributed by atoms with Gasteiger partial charge in [0.15, 0.2) is 0 Å². The van der Waals surface area contributed by atoms with Crippen molar-refractivity contribution in [3.05, 3.63) is 24.3 Å². The number of hydrogen-bond donors (Lipinski definition) is 3. The number of nitrogens with two attached hydrogens (primary N) is 1. The summed E-state index contributed by atoms with van der Waals surface area (Å²) in [4.78, 5) is 13.2. The minimum absolute atomic E-state index is 0.00317. The van der Waals surface area contributed by atoms with Crippen LogP contribution in [0.2, 0.25) is 0 Å². The number of rotatable bonds is 7. The van der Waals surface area contributed by atoms with Crippen molar-refractivity contribution in [2.75, 3.05) is 30.7 Å². The Morgan fingerprint density at radius 2 is 2.10 bits per heavy atom. The molecule has 1 atom stereocenters. The quantitative estimate of drug-likeness (QED) is 0.657. The molecular weight excluding hydrogens is 268 g/mol. The number of amides is 1. The molecule has 1 unspecified atom stereocenters. The van der Waals surface area contributed by atoms with Crippen molar-refractivity contribution in [3.63, 3.8) is 0 Å². The summed E-state index contributed by atoms with van der Waals surface area (Å²) in [5.74, 6) is -0.447. The largest absolute Gasteiger partial charge is 0.397 e. The SMILES string of the molecule is CC(C(=O)Nc1ccccc1N)N(CCO)CC(F)F. The van der Waals surface area contributed by atoms with Crippen molar-refractivity contribution in [1.82, 2.24) is 4.90 Å². The molecule has 0 aromatic heterocycles. The van der Waals surface area contributed by atoms with Crippen molar-refractivity contribution in [2.45, 2.75) is 19.4 Å². The van der Waals surface area contributed by atoms with Gasteiger partial charge in [0.25, 0.3) is 6.43 Å². The second kappa shape index (κ2) is 7.76. The predicted octanol–water partition coefficient (Wildman–Crippen LogP) is 1.16. The number of aliphatic hydroxyl groups is 1. The summed E-state index contributed by atoms with van der Waals surface area (Å²) in [6.07, 6.45) is -2.57. The Morgan fingerprint density at radius 3 is 2.65 bits per heavy atom. The number of nitrogen functional groups attached to an aromatic ring is 1. The fraction of sp³-hybridized carbons (Fsp3) is 0.462. The van der Waals surface area contributed by atoms with Crippen molar-refractivity contribution < 1.29 is 18.7 Å². The zero-order chi connectivity index (χ0) is 15.1. The molecule has 0 saturated carbocycles. The van der Waals surface area contributed by atoms with Crippen LogP contribution >= 0.6 is 0 Å². The van der Waals surface area contributed by atoms with Crippen LogP contribution in [-0.4, -0.2) is 48.1 Å². The van der Waals surface area contributed by atoms with Crippen LogP contribution < -0.4 is 11.1 Å². The third kappa shape index (κ3) is 4.75. The Balaban J connectivity index is 2.71. The van der Waals surface area contributed by atoms with Crippen LogP contribution in [0.3, 0.4) is 0 Å². The molecular formula is C13H19F2N3O2. The van der Waals surface area contributed by atoms with Gasteiger partial charge in [0.05, 0.1) is 30.6 Å². The summed E-state index contributed by atoms with van der Waals surface area (Å²) in [6.45, 7) is 0.646. The number of carbonyl (C=O) groups excluding carboxylic acids is 1. The topological polar surface area (TPSA) is 78.6 Å². The molecule has 1 amide bonds. The molecule has 0 bridgehead atoms. The molecule has 0 spiro atoms. The second-order valence-electron chi connectivity index (χ2n) is 4.36. The Kier molecular flexibility index (Phi) is 6.33. The van der Waals surface area contributed by atoms with Gasteiger partial charge < -0.3 is 16.2 Å². The van der Waals surface area contributed by atoms with Crippen LogP contribution in [-0.2, 0) is 4.79 Å². The Bertz CT molecular complexity index is 443. The maximum atomic E-state index is 12.4. The van der Waals surface area contributed by atoms with Crippen LogP contribution in [0.4, 0.5) is 20.2 Å². The number of aliphatic hydroxyl groups excluding tert-OH is 1. The number of hydrogen-bond acceptors (Lipinski definition) is 4. The first-order valence-electron chi connectivity index (χ1n) is 6.24. The van der Waals surface area contributed by atoms with E-state index in [0.29, 0.717) is 11.4 Å². The second-order valence-corrected chi connectivity index (χ2v) is 4.36. The molecule has 1 rings (SSSR count). The molecule has 5 nitrogen and oxygen atoms in total. The fourth-order valence-electron chi connectivity index (χ4n) is 1.76. The number of nitrogens with one attached hydrogen (secondary N) is 1. The van der Waals surface area contributed by atoms with Crippen molar-refractivity contribution in [1.29, 1.82) is 0 Å². The van der Waals surface area contributed by atoms with Crippen LogP contribution in [0.5, 0.6) is 0 Å². The zero-order valence-corrected chi connectivity index (χ0v) is 11.2. The molecule has 0 aliphatic heterocycles. The predicted molar refractivity (Wildman–Crippen MR) is 73.6 cm³/mol. The third-order valence-electron chi connectivity index (χ3n) is 2.91. The summed E-state index contributed by atoms with van der Waals surface area (Å²) in [5.41, 5.74) is 6.53. The van der Waals surface area contributed by atoms with Gasteiger partial charge in [-0.15, -0.1) is 0 Å². The van der Waals surface area contributed by atoms with Crippen LogP contribution in [0.15, 0.2) is 24.3 Å². The standard InChI is InChI=1S/C13H19F2N3O2/c1-9(18(6-7-19)8-12(14)15)13(20)17-11-5-3-2-4-10(11)16/h2-5,9,12,19H,6-8,16H2,1H3,(H,17,20). The number of anilines is 2. The highest BCUT2D eigenvalue weighted by Gasteiger charge is 2.24. The van der Waals surface area contributed by atoms with Gasteiger partial charge in [-0.05, 0) is 19.1 Å². The molecule has 0 radical (unpaired) electrons. The highest BCUT2D eigenvalue weighted by atomic mass is 19.3. The lowest BCUT2D eigenvalue weighted by molar-refractivity contribution is -0.121. The molecule has 112 valence electrons. The molecule has 0 aliphatic rings. The van der Waals surface area contributed by atoms with Crippen LogP contribution in [0.1, 0.15) is 6.92 Å². The average Bonchev–Trinajstić information content (AvgIpc) is 2.39.